The zero-order chi connectivity index (χ0) is 15.5. The van der Waals surface area contributed by atoms with Crippen LogP contribution in [0.2, 0.25) is 0 Å². The van der Waals surface area contributed by atoms with E-state index < -0.39 is 0 Å². The van der Waals surface area contributed by atoms with Gasteiger partial charge in [0.1, 0.15) is 12.4 Å². The highest BCUT2D eigenvalue weighted by molar-refractivity contribution is 5.46. The van der Waals surface area contributed by atoms with E-state index in [4.69, 9.17) is 14.2 Å². The van der Waals surface area contributed by atoms with Crippen LogP contribution in [0.1, 0.15) is 11.4 Å². The fourth-order valence-corrected chi connectivity index (χ4v) is 2.32. The molecule has 3 aromatic rings. The van der Waals surface area contributed by atoms with Crippen LogP contribution in [0.5, 0.6) is 17.2 Å². The van der Waals surface area contributed by atoms with Gasteiger partial charge in [-0.1, -0.05) is 30.3 Å². The summed E-state index contributed by atoms with van der Waals surface area (Å²) in [5.41, 5.74) is 1.13. The summed E-state index contributed by atoms with van der Waals surface area (Å²) in [7, 11) is 0. The fraction of sp³-hybridized carbons (Fsp3) is 0.188. The van der Waals surface area contributed by atoms with E-state index in [1.807, 2.05) is 42.5 Å². The number of ether oxygens (including phenoxy) is 3. The van der Waals surface area contributed by atoms with Crippen LogP contribution in [0.3, 0.4) is 0 Å². The molecule has 0 bridgehead atoms. The van der Waals surface area contributed by atoms with E-state index in [1.54, 1.807) is 10.7 Å². The third kappa shape index (κ3) is 2.94. The van der Waals surface area contributed by atoms with E-state index >= 15 is 0 Å². The van der Waals surface area contributed by atoms with Crippen molar-refractivity contribution in [3.05, 3.63) is 59.9 Å². The summed E-state index contributed by atoms with van der Waals surface area (Å²) in [6.07, 6.45) is 0. The number of nitrogens with zero attached hydrogens (tertiary/aromatic N) is 4. The van der Waals surface area contributed by atoms with Gasteiger partial charge in [0.25, 0.3) is 0 Å². The first-order valence-electron chi connectivity index (χ1n) is 7.20. The maximum Gasteiger partial charge on any atom is 0.231 e. The number of aromatic nitrogens is 4. The summed E-state index contributed by atoms with van der Waals surface area (Å²) in [5, 5.41) is 11.8. The Bertz CT molecular complexity index is 804. The van der Waals surface area contributed by atoms with Crippen molar-refractivity contribution in [2.45, 2.75) is 13.2 Å². The van der Waals surface area contributed by atoms with Gasteiger partial charge in [-0.2, -0.15) is 0 Å². The maximum atomic E-state index is 5.76. The summed E-state index contributed by atoms with van der Waals surface area (Å²) in [6.45, 7) is 1.13. The summed E-state index contributed by atoms with van der Waals surface area (Å²) < 4.78 is 18.1. The molecule has 23 heavy (non-hydrogen) atoms. The Morgan fingerprint density at radius 1 is 1.04 bits per heavy atom. The highest BCUT2D eigenvalue weighted by Gasteiger charge is 2.14. The first-order chi connectivity index (χ1) is 11.4. The molecule has 4 rings (SSSR count). The number of tetrazole rings is 1. The molecule has 7 nitrogen and oxygen atoms in total. The lowest BCUT2D eigenvalue weighted by Crippen LogP contribution is -2.09. The molecule has 0 N–H and O–H groups in total. The van der Waals surface area contributed by atoms with Crippen molar-refractivity contribution in [3.63, 3.8) is 0 Å². The standard InChI is InChI=1S/C16H14N4O3/c1-2-4-12(5-3-1)9-20-16(17-18-19-20)10-21-13-6-7-14-15(8-13)23-11-22-14/h1-8H,9-11H2. The third-order valence-electron chi connectivity index (χ3n) is 3.49. The monoisotopic (exact) mass is 310 g/mol. The van der Waals surface area contributed by atoms with E-state index in [1.165, 1.54) is 0 Å². The molecule has 7 heteroatoms. The van der Waals surface area contributed by atoms with Gasteiger partial charge in [-0.25, -0.2) is 4.68 Å². The minimum atomic E-state index is 0.244. The van der Waals surface area contributed by atoms with Crippen molar-refractivity contribution in [1.82, 2.24) is 20.2 Å². The second kappa shape index (κ2) is 5.96. The van der Waals surface area contributed by atoms with Crippen molar-refractivity contribution in [2.75, 3.05) is 6.79 Å². The topological polar surface area (TPSA) is 71.3 Å². The molecule has 116 valence electrons. The van der Waals surface area contributed by atoms with Crippen molar-refractivity contribution >= 4 is 0 Å². The van der Waals surface area contributed by atoms with Crippen molar-refractivity contribution in [1.29, 1.82) is 0 Å². The summed E-state index contributed by atoms with van der Waals surface area (Å²) in [4.78, 5) is 0. The summed E-state index contributed by atoms with van der Waals surface area (Å²) in [5.74, 6) is 2.76. The zero-order valence-electron chi connectivity index (χ0n) is 12.3. The van der Waals surface area contributed by atoms with E-state index in [0.29, 0.717) is 23.9 Å². The Morgan fingerprint density at radius 2 is 1.91 bits per heavy atom. The van der Waals surface area contributed by atoms with Crippen LogP contribution in [0.4, 0.5) is 0 Å². The van der Waals surface area contributed by atoms with Crippen LogP contribution in [0.15, 0.2) is 48.5 Å². The molecule has 2 heterocycles. The highest BCUT2D eigenvalue weighted by Crippen LogP contribution is 2.35. The molecule has 0 aliphatic carbocycles. The average Bonchev–Trinajstić information content (AvgIpc) is 3.22. The van der Waals surface area contributed by atoms with Gasteiger partial charge in [-0.15, -0.1) is 5.10 Å². The molecule has 0 spiro atoms. The largest absolute Gasteiger partial charge is 0.485 e. The molecule has 1 aliphatic rings. The molecule has 1 aromatic heterocycles. The Morgan fingerprint density at radius 3 is 2.83 bits per heavy atom. The molecule has 0 saturated heterocycles. The Kier molecular flexibility index (Phi) is 3.51. The zero-order valence-corrected chi connectivity index (χ0v) is 12.3. The molecule has 0 unspecified atom stereocenters. The van der Waals surface area contributed by atoms with Crippen LogP contribution in [0, 0.1) is 0 Å². The molecular weight excluding hydrogens is 296 g/mol. The molecule has 0 atom stereocenters. The van der Waals surface area contributed by atoms with Crippen LogP contribution in [-0.2, 0) is 13.2 Å². The van der Waals surface area contributed by atoms with Gasteiger partial charge in [-0.05, 0) is 28.1 Å². The lowest BCUT2D eigenvalue weighted by atomic mass is 10.2. The number of benzene rings is 2. The Hall–Kier alpha value is -3.09. The molecule has 0 fully saturated rings. The average molecular weight is 310 g/mol. The number of rotatable bonds is 5. The van der Waals surface area contributed by atoms with Crippen molar-refractivity contribution in [2.24, 2.45) is 0 Å². The second-order valence-electron chi connectivity index (χ2n) is 5.04. The molecular formula is C16H14N4O3. The lowest BCUT2D eigenvalue weighted by Gasteiger charge is -2.07. The molecule has 2 aromatic carbocycles. The van der Waals surface area contributed by atoms with Gasteiger partial charge < -0.3 is 14.2 Å². The van der Waals surface area contributed by atoms with Gasteiger partial charge in [0.15, 0.2) is 17.3 Å². The van der Waals surface area contributed by atoms with Gasteiger partial charge in [0, 0.05) is 6.07 Å². The molecule has 1 aliphatic heterocycles. The Labute approximate surface area is 132 Å². The van der Waals surface area contributed by atoms with E-state index in [9.17, 15) is 0 Å². The quantitative estimate of drug-likeness (QED) is 0.718. The smallest absolute Gasteiger partial charge is 0.231 e. The van der Waals surface area contributed by atoms with Crippen molar-refractivity contribution < 1.29 is 14.2 Å². The van der Waals surface area contributed by atoms with Crippen LogP contribution >= 0.6 is 0 Å². The predicted molar refractivity (Wildman–Crippen MR) is 80.3 cm³/mol. The highest BCUT2D eigenvalue weighted by atomic mass is 16.7. The number of fused-ring (bicyclic) bond motifs is 1. The fourth-order valence-electron chi connectivity index (χ4n) is 2.32. The summed E-state index contributed by atoms with van der Waals surface area (Å²) >= 11 is 0. The van der Waals surface area contributed by atoms with Gasteiger partial charge in [0.2, 0.25) is 6.79 Å². The number of hydrogen-bond donors (Lipinski definition) is 0. The molecule has 0 amide bonds. The molecule has 0 saturated carbocycles. The summed E-state index contributed by atoms with van der Waals surface area (Å²) in [6, 6.07) is 15.5. The second-order valence-corrected chi connectivity index (χ2v) is 5.04. The van der Waals surface area contributed by atoms with Gasteiger partial charge in [-0.3, -0.25) is 0 Å². The maximum absolute atomic E-state index is 5.76. The van der Waals surface area contributed by atoms with E-state index in [0.717, 1.165) is 11.3 Å². The minimum Gasteiger partial charge on any atom is -0.485 e. The van der Waals surface area contributed by atoms with Crippen LogP contribution in [0.25, 0.3) is 0 Å². The van der Waals surface area contributed by atoms with Gasteiger partial charge >= 0.3 is 0 Å². The predicted octanol–water partition coefficient (Wildman–Crippen LogP) is 2.03. The normalized spacial score (nSPS) is 12.3. The first-order valence-corrected chi connectivity index (χ1v) is 7.20. The number of hydrogen-bond acceptors (Lipinski definition) is 6. The molecule has 0 radical (unpaired) electrons. The SMILES string of the molecule is c1ccc(Cn2nnnc2COc2ccc3c(c2)OCO3)cc1. The lowest BCUT2D eigenvalue weighted by molar-refractivity contribution is 0.173. The van der Waals surface area contributed by atoms with Gasteiger partial charge in [0.05, 0.1) is 6.54 Å². The van der Waals surface area contributed by atoms with E-state index in [-0.39, 0.29) is 13.4 Å². The third-order valence-corrected chi connectivity index (χ3v) is 3.49. The van der Waals surface area contributed by atoms with Crippen molar-refractivity contribution in [3.8, 4) is 17.2 Å². The first kappa shape index (κ1) is 13.6. The Balaban J connectivity index is 1.45. The minimum absolute atomic E-state index is 0.244. The van der Waals surface area contributed by atoms with E-state index in [2.05, 4.69) is 15.5 Å². The van der Waals surface area contributed by atoms with Crippen LogP contribution < -0.4 is 14.2 Å². The van der Waals surface area contributed by atoms with Crippen LogP contribution in [-0.4, -0.2) is 27.0 Å².